The van der Waals surface area contributed by atoms with E-state index >= 15 is 0 Å². The molecule has 0 saturated carbocycles. The summed E-state index contributed by atoms with van der Waals surface area (Å²) in [6.07, 6.45) is 3.51. The minimum atomic E-state index is -0.230. The van der Waals surface area contributed by atoms with Crippen molar-refractivity contribution in [2.75, 3.05) is 6.61 Å². The molecule has 0 bridgehead atoms. The molecule has 1 N–H and O–H groups in total. The Morgan fingerprint density at radius 1 is 1.11 bits per heavy atom. The van der Waals surface area contributed by atoms with Crippen LogP contribution in [0, 0.1) is 5.92 Å². The van der Waals surface area contributed by atoms with Crippen molar-refractivity contribution in [1.29, 1.82) is 0 Å². The fourth-order valence-corrected chi connectivity index (χ4v) is 2.10. The van der Waals surface area contributed by atoms with Crippen LogP contribution >= 0.6 is 0 Å². The van der Waals surface area contributed by atoms with Gasteiger partial charge in [0, 0.05) is 12.5 Å². The average molecular weight is 257 g/mol. The van der Waals surface area contributed by atoms with E-state index in [4.69, 9.17) is 4.74 Å². The van der Waals surface area contributed by atoms with Crippen LogP contribution in [-0.2, 0) is 14.3 Å². The molecule has 0 aromatic carbocycles. The molecule has 0 saturated heterocycles. The molecule has 0 fully saturated rings. The first-order chi connectivity index (χ1) is 8.58. The predicted molar refractivity (Wildman–Crippen MR) is 72.2 cm³/mol. The summed E-state index contributed by atoms with van der Waals surface area (Å²) in [5, 5.41) is 2.97. The van der Waals surface area contributed by atoms with E-state index in [0.717, 1.165) is 19.3 Å². The molecule has 4 heteroatoms. The van der Waals surface area contributed by atoms with Crippen molar-refractivity contribution < 1.29 is 14.3 Å². The summed E-state index contributed by atoms with van der Waals surface area (Å²) < 4.78 is 4.96. The maximum atomic E-state index is 11.7. The van der Waals surface area contributed by atoms with Gasteiger partial charge in [0.2, 0.25) is 5.91 Å². The number of rotatable bonds is 9. The summed E-state index contributed by atoms with van der Waals surface area (Å²) in [5.74, 6) is 0.125. The lowest BCUT2D eigenvalue weighted by molar-refractivity contribution is -0.144. The summed E-state index contributed by atoms with van der Waals surface area (Å²) in [5.41, 5.74) is 0. The molecule has 0 unspecified atom stereocenters. The SMILES string of the molecule is CCCC(=O)N[C@@H](CC(=O)OCC)C(CC)CC. The minimum Gasteiger partial charge on any atom is -0.466 e. The van der Waals surface area contributed by atoms with Crippen LogP contribution in [0.3, 0.4) is 0 Å². The Morgan fingerprint density at radius 2 is 1.72 bits per heavy atom. The third kappa shape index (κ3) is 6.62. The van der Waals surface area contributed by atoms with Crippen molar-refractivity contribution >= 4 is 11.9 Å². The second-order valence-electron chi connectivity index (χ2n) is 4.51. The van der Waals surface area contributed by atoms with Crippen LogP contribution in [-0.4, -0.2) is 24.5 Å². The van der Waals surface area contributed by atoms with Crippen LogP contribution in [0.25, 0.3) is 0 Å². The van der Waals surface area contributed by atoms with Gasteiger partial charge in [0.15, 0.2) is 0 Å². The molecule has 0 aliphatic carbocycles. The zero-order valence-corrected chi connectivity index (χ0v) is 12.1. The van der Waals surface area contributed by atoms with E-state index in [2.05, 4.69) is 19.2 Å². The summed E-state index contributed by atoms with van der Waals surface area (Å²) >= 11 is 0. The standard InChI is InChI=1S/C14H27NO3/c1-5-9-13(16)15-12(11(6-2)7-3)10-14(17)18-8-4/h11-12H,5-10H2,1-4H3,(H,15,16)/t12-/m0/s1. The number of hydrogen-bond acceptors (Lipinski definition) is 3. The number of ether oxygens (including phenoxy) is 1. The Kier molecular flexibility index (Phi) is 9.33. The first-order valence-electron chi connectivity index (χ1n) is 7.03. The van der Waals surface area contributed by atoms with Gasteiger partial charge < -0.3 is 10.1 Å². The van der Waals surface area contributed by atoms with Gasteiger partial charge in [-0.3, -0.25) is 9.59 Å². The Balaban J connectivity index is 4.50. The van der Waals surface area contributed by atoms with Crippen molar-refractivity contribution in [3.05, 3.63) is 0 Å². The average Bonchev–Trinajstić information content (AvgIpc) is 2.30. The van der Waals surface area contributed by atoms with Gasteiger partial charge in [-0.05, 0) is 19.3 Å². The number of amides is 1. The van der Waals surface area contributed by atoms with Crippen LogP contribution in [0.1, 0.15) is 59.8 Å². The largest absolute Gasteiger partial charge is 0.466 e. The molecule has 0 aliphatic rings. The molecule has 106 valence electrons. The molecule has 0 heterocycles. The van der Waals surface area contributed by atoms with Crippen molar-refractivity contribution in [3.63, 3.8) is 0 Å². The van der Waals surface area contributed by atoms with E-state index in [-0.39, 0.29) is 24.3 Å². The lowest BCUT2D eigenvalue weighted by Crippen LogP contribution is -2.41. The van der Waals surface area contributed by atoms with E-state index < -0.39 is 0 Å². The van der Waals surface area contributed by atoms with E-state index in [1.807, 2.05) is 6.92 Å². The summed E-state index contributed by atoms with van der Waals surface area (Å²) in [7, 11) is 0. The highest BCUT2D eigenvalue weighted by molar-refractivity contribution is 5.77. The maximum Gasteiger partial charge on any atom is 0.307 e. The fourth-order valence-electron chi connectivity index (χ4n) is 2.10. The second-order valence-corrected chi connectivity index (χ2v) is 4.51. The van der Waals surface area contributed by atoms with Gasteiger partial charge in [-0.2, -0.15) is 0 Å². The van der Waals surface area contributed by atoms with E-state index in [1.54, 1.807) is 6.92 Å². The molecule has 0 aliphatic heterocycles. The highest BCUT2D eigenvalue weighted by Crippen LogP contribution is 2.17. The molecular weight excluding hydrogens is 230 g/mol. The third-order valence-corrected chi connectivity index (χ3v) is 3.13. The van der Waals surface area contributed by atoms with E-state index in [9.17, 15) is 9.59 Å². The number of esters is 1. The summed E-state index contributed by atoms with van der Waals surface area (Å²) in [6, 6.07) is -0.0990. The minimum absolute atomic E-state index is 0.0266. The molecule has 0 rings (SSSR count). The van der Waals surface area contributed by atoms with Gasteiger partial charge in [0.25, 0.3) is 0 Å². The van der Waals surface area contributed by atoms with Crippen molar-refractivity contribution in [2.45, 2.75) is 65.8 Å². The summed E-state index contributed by atoms with van der Waals surface area (Å²) in [4.78, 5) is 23.2. The van der Waals surface area contributed by atoms with Gasteiger partial charge in [-0.25, -0.2) is 0 Å². The molecule has 4 nitrogen and oxygen atoms in total. The zero-order chi connectivity index (χ0) is 14.0. The topological polar surface area (TPSA) is 55.4 Å². The molecule has 0 aromatic rings. The highest BCUT2D eigenvalue weighted by Gasteiger charge is 2.23. The molecule has 1 atom stereocenters. The smallest absolute Gasteiger partial charge is 0.307 e. The van der Waals surface area contributed by atoms with Crippen LogP contribution in [0.2, 0.25) is 0 Å². The number of carbonyl (C=O) groups is 2. The van der Waals surface area contributed by atoms with Gasteiger partial charge in [0.1, 0.15) is 0 Å². The molecule has 18 heavy (non-hydrogen) atoms. The van der Waals surface area contributed by atoms with E-state index in [0.29, 0.717) is 18.9 Å². The quantitative estimate of drug-likeness (QED) is 0.646. The number of nitrogens with one attached hydrogen (secondary N) is 1. The first kappa shape index (κ1) is 16.9. The zero-order valence-electron chi connectivity index (χ0n) is 12.1. The lowest BCUT2D eigenvalue weighted by atomic mass is 9.91. The molecule has 0 spiro atoms. The van der Waals surface area contributed by atoms with Crippen molar-refractivity contribution in [2.24, 2.45) is 5.92 Å². The first-order valence-corrected chi connectivity index (χ1v) is 7.03. The van der Waals surface area contributed by atoms with E-state index in [1.165, 1.54) is 0 Å². The predicted octanol–water partition coefficient (Wildman–Crippen LogP) is 2.66. The van der Waals surface area contributed by atoms with Gasteiger partial charge in [-0.15, -0.1) is 0 Å². The Bertz CT molecular complexity index is 229. The van der Waals surface area contributed by atoms with Crippen LogP contribution in [0.15, 0.2) is 0 Å². The van der Waals surface area contributed by atoms with Crippen LogP contribution < -0.4 is 5.32 Å². The Labute approximate surface area is 110 Å². The monoisotopic (exact) mass is 257 g/mol. The van der Waals surface area contributed by atoms with Gasteiger partial charge >= 0.3 is 5.97 Å². The Hall–Kier alpha value is -1.06. The second kappa shape index (κ2) is 9.92. The third-order valence-electron chi connectivity index (χ3n) is 3.13. The molecule has 0 radical (unpaired) electrons. The number of carbonyl (C=O) groups excluding carboxylic acids is 2. The fraction of sp³-hybridized carbons (Fsp3) is 0.857. The maximum absolute atomic E-state index is 11.7. The lowest BCUT2D eigenvalue weighted by Gasteiger charge is -2.25. The Morgan fingerprint density at radius 3 is 2.17 bits per heavy atom. The normalized spacial score (nSPS) is 12.3. The van der Waals surface area contributed by atoms with Gasteiger partial charge in [-0.1, -0.05) is 33.6 Å². The molecule has 1 amide bonds. The summed E-state index contributed by atoms with van der Waals surface area (Å²) in [6.45, 7) is 8.31. The van der Waals surface area contributed by atoms with Crippen LogP contribution in [0.5, 0.6) is 0 Å². The van der Waals surface area contributed by atoms with Crippen molar-refractivity contribution in [3.8, 4) is 0 Å². The molecule has 0 aromatic heterocycles. The number of hydrogen-bond donors (Lipinski definition) is 1. The molecular formula is C14H27NO3. The highest BCUT2D eigenvalue weighted by atomic mass is 16.5. The van der Waals surface area contributed by atoms with Crippen LogP contribution in [0.4, 0.5) is 0 Å². The van der Waals surface area contributed by atoms with Crippen molar-refractivity contribution in [1.82, 2.24) is 5.32 Å². The van der Waals surface area contributed by atoms with Gasteiger partial charge in [0.05, 0.1) is 13.0 Å².